The van der Waals surface area contributed by atoms with Gasteiger partial charge in [-0.15, -0.1) is 11.8 Å². The third kappa shape index (κ3) is 3.81. The summed E-state index contributed by atoms with van der Waals surface area (Å²) < 4.78 is 0.147. The maximum absolute atomic E-state index is 9.56. The summed E-state index contributed by atoms with van der Waals surface area (Å²) in [5.41, 5.74) is 7.02. The van der Waals surface area contributed by atoms with Crippen LogP contribution in [0.25, 0.3) is 0 Å². The van der Waals surface area contributed by atoms with E-state index in [0.717, 1.165) is 10.5 Å². The third-order valence-corrected chi connectivity index (χ3v) is 3.42. The highest BCUT2D eigenvalue weighted by Gasteiger charge is 2.19. The van der Waals surface area contributed by atoms with Gasteiger partial charge < -0.3 is 10.8 Å². The summed E-state index contributed by atoms with van der Waals surface area (Å²) >= 11 is 1.78. The fourth-order valence-corrected chi connectivity index (χ4v) is 2.57. The van der Waals surface area contributed by atoms with Crippen LogP contribution in [0.4, 0.5) is 0 Å². The minimum absolute atomic E-state index is 0.147. The number of rotatable bonds is 3. The zero-order valence-electron chi connectivity index (χ0n) is 10.4. The van der Waals surface area contributed by atoms with Crippen LogP contribution in [0.1, 0.15) is 39.3 Å². The Kier molecular flexibility index (Phi) is 4.42. The largest absolute Gasteiger partial charge is 0.391 e. The molecule has 0 fully saturated rings. The Morgan fingerprint density at radius 3 is 2.31 bits per heavy atom. The SMILES string of the molecule is C[C@H](O)[C@H](N)c1ccccc1SC(C)(C)C. The molecular weight excluding hydrogens is 218 g/mol. The molecule has 16 heavy (non-hydrogen) atoms. The fourth-order valence-electron chi connectivity index (χ4n) is 1.44. The summed E-state index contributed by atoms with van der Waals surface area (Å²) in [4.78, 5) is 1.16. The first kappa shape index (κ1) is 13.6. The van der Waals surface area contributed by atoms with E-state index in [-0.39, 0.29) is 10.8 Å². The molecule has 0 aliphatic carbocycles. The van der Waals surface area contributed by atoms with Crippen LogP contribution in [0.2, 0.25) is 0 Å². The smallest absolute Gasteiger partial charge is 0.0705 e. The van der Waals surface area contributed by atoms with Gasteiger partial charge in [-0.25, -0.2) is 0 Å². The fraction of sp³-hybridized carbons (Fsp3) is 0.538. The van der Waals surface area contributed by atoms with Crippen LogP contribution >= 0.6 is 11.8 Å². The zero-order chi connectivity index (χ0) is 12.3. The molecule has 0 amide bonds. The quantitative estimate of drug-likeness (QED) is 0.797. The maximum Gasteiger partial charge on any atom is 0.0705 e. The standard InChI is InChI=1S/C13H21NOS/c1-9(15)12(14)10-7-5-6-8-11(10)16-13(2,3)4/h5-9,12,15H,14H2,1-4H3/t9-,12-/m0/s1. The normalized spacial score (nSPS) is 15.9. The maximum atomic E-state index is 9.56. The Morgan fingerprint density at radius 1 is 1.25 bits per heavy atom. The Labute approximate surface area is 102 Å². The number of aliphatic hydroxyl groups excluding tert-OH is 1. The summed E-state index contributed by atoms with van der Waals surface area (Å²) in [6, 6.07) is 7.71. The van der Waals surface area contributed by atoms with E-state index in [4.69, 9.17) is 5.73 Å². The van der Waals surface area contributed by atoms with E-state index >= 15 is 0 Å². The molecule has 0 saturated heterocycles. The van der Waals surface area contributed by atoms with Crippen LogP contribution < -0.4 is 5.73 Å². The van der Waals surface area contributed by atoms with Crippen LogP contribution in [0.5, 0.6) is 0 Å². The van der Waals surface area contributed by atoms with Gasteiger partial charge in [0.05, 0.1) is 12.1 Å². The summed E-state index contributed by atoms with van der Waals surface area (Å²) in [6.45, 7) is 8.23. The molecular formula is C13H21NOS. The summed E-state index contributed by atoms with van der Waals surface area (Å²) in [6.07, 6.45) is -0.526. The van der Waals surface area contributed by atoms with E-state index in [0.29, 0.717) is 0 Å². The first-order valence-electron chi connectivity index (χ1n) is 5.53. The third-order valence-electron chi connectivity index (χ3n) is 2.21. The average molecular weight is 239 g/mol. The Balaban J connectivity index is 3.01. The van der Waals surface area contributed by atoms with Crippen LogP contribution in [-0.4, -0.2) is 16.0 Å². The van der Waals surface area contributed by atoms with Crippen molar-refractivity contribution in [2.24, 2.45) is 5.73 Å². The molecule has 0 aromatic heterocycles. The predicted molar refractivity (Wildman–Crippen MR) is 70.7 cm³/mol. The van der Waals surface area contributed by atoms with E-state index < -0.39 is 6.10 Å². The van der Waals surface area contributed by atoms with Crippen LogP contribution in [0, 0.1) is 0 Å². The van der Waals surface area contributed by atoms with Gasteiger partial charge in [-0.3, -0.25) is 0 Å². The van der Waals surface area contributed by atoms with Gasteiger partial charge in [0.1, 0.15) is 0 Å². The Bertz CT molecular complexity index is 344. The van der Waals surface area contributed by atoms with Gasteiger partial charge >= 0.3 is 0 Å². The lowest BCUT2D eigenvalue weighted by Crippen LogP contribution is -2.24. The van der Waals surface area contributed by atoms with Crippen molar-refractivity contribution in [2.45, 2.75) is 49.5 Å². The topological polar surface area (TPSA) is 46.2 Å². The van der Waals surface area contributed by atoms with Crippen molar-refractivity contribution in [3.63, 3.8) is 0 Å². The molecule has 0 aliphatic heterocycles. The van der Waals surface area contributed by atoms with Gasteiger partial charge in [0.25, 0.3) is 0 Å². The lowest BCUT2D eigenvalue weighted by Gasteiger charge is -2.23. The lowest BCUT2D eigenvalue weighted by molar-refractivity contribution is 0.163. The molecule has 3 heteroatoms. The van der Waals surface area contributed by atoms with Crippen molar-refractivity contribution < 1.29 is 5.11 Å². The van der Waals surface area contributed by atoms with Gasteiger partial charge in [0.15, 0.2) is 0 Å². The second-order valence-electron chi connectivity index (χ2n) is 5.02. The highest BCUT2D eigenvalue weighted by atomic mass is 32.2. The number of hydrogen-bond donors (Lipinski definition) is 2. The van der Waals surface area contributed by atoms with Crippen LogP contribution in [-0.2, 0) is 0 Å². The van der Waals surface area contributed by atoms with Crippen molar-refractivity contribution in [2.75, 3.05) is 0 Å². The first-order valence-corrected chi connectivity index (χ1v) is 6.34. The summed E-state index contributed by atoms with van der Waals surface area (Å²) in [7, 11) is 0. The van der Waals surface area contributed by atoms with E-state index in [1.165, 1.54) is 0 Å². The number of benzene rings is 1. The van der Waals surface area contributed by atoms with E-state index in [9.17, 15) is 5.11 Å². The highest BCUT2D eigenvalue weighted by molar-refractivity contribution is 8.00. The van der Waals surface area contributed by atoms with Crippen molar-refractivity contribution in [3.8, 4) is 0 Å². The van der Waals surface area contributed by atoms with E-state index in [1.54, 1.807) is 18.7 Å². The second kappa shape index (κ2) is 5.21. The molecule has 90 valence electrons. The highest BCUT2D eigenvalue weighted by Crippen LogP contribution is 2.36. The molecule has 0 radical (unpaired) electrons. The van der Waals surface area contributed by atoms with Gasteiger partial charge in [0.2, 0.25) is 0 Å². The summed E-state index contributed by atoms with van der Waals surface area (Å²) in [5, 5.41) is 9.56. The molecule has 2 nitrogen and oxygen atoms in total. The average Bonchev–Trinajstić information content (AvgIpc) is 2.15. The minimum atomic E-state index is -0.526. The zero-order valence-corrected chi connectivity index (χ0v) is 11.2. The van der Waals surface area contributed by atoms with E-state index in [2.05, 4.69) is 26.8 Å². The van der Waals surface area contributed by atoms with Crippen molar-refractivity contribution in [1.82, 2.24) is 0 Å². The lowest BCUT2D eigenvalue weighted by atomic mass is 10.0. The number of aliphatic hydroxyl groups is 1. The number of thioether (sulfide) groups is 1. The predicted octanol–water partition coefficient (Wildman–Crippen LogP) is 2.96. The van der Waals surface area contributed by atoms with Gasteiger partial charge in [-0.1, -0.05) is 39.0 Å². The first-order chi connectivity index (χ1) is 7.31. The number of nitrogens with two attached hydrogens (primary N) is 1. The van der Waals surface area contributed by atoms with Crippen molar-refractivity contribution in [3.05, 3.63) is 29.8 Å². The molecule has 1 aromatic carbocycles. The molecule has 0 bridgehead atoms. The molecule has 0 unspecified atom stereocenters. The molecule has 0 saturated carbocycles. The Morgan fingerprint density at radius 2 is 1.81 bits per heavy atom. The van der Waals surface area contributed by atoms with Crippen molar-refractivity contribution >= 4 is 11.8 Å². The number of hydrogen-bond acceptors (Lipinski definition) is 3. The molecule has 0 spiro atoms. The summed E-state index contributed by atoms with van der Waals surface area (Å²) in [5.74, 6) is 0. The molecule has 1 rings (SSSR count). The van der Waals surface area contributed by atoms with Gasteiger partial charge in [-0.05, 0) is 18.6 Å². The molecule has 1 aromatic rings. The molecule has 0 heterocycles. The molecule has 0 aliphatic rings. The van der Waals surface area contributed by atoms with Crippen LogP contribution in [0.3, 0.4) is 0 Å². The van der Waals surface area contributed by atoms with Gasteiger partial charge in [-0.2, -0.15) is 0 Å². The van der Waals surface area contributed by atoms with E-state index in [1.807, 2.05) is 18.2 Å². The molecule has 2 atom stereocenters. The van der Waals surface area contributed by atoms with Gasteiger partial charge in [0, 0.05) is 9.64 Å². The molecule has 3 N–H and O–H groups in total. The minimum Gasteiger partial charge on any atom is -0.391 e. The van der Waals surface area contributed by atoms with Crippen LogP contribution in [0.15, 0.2) is 29.2 Å². The van der Waals surface area contributed by atoms with Crippen molar-refractivity contribution in [1.29, 1.82) is 0 Å². The second-order valence-corrected chi connectivity index (χ2v) is 6.89. The Hall–Kier alpha value is -0.510. The monoisotopic (exact) mass is 239 g/mol.